The molecule has 0 unspecified atom stereocenters. The maximum absolute atomic E-state index is 5.21. The minimum atomic E-state index is 0.299. The third-order valence-electron chi connectivity index (χ3n) is 2.75. The van der Waals surface area contributed by atoms with Gasteiger partial charge in [0, 0.05) is 16.6 Å². The molecule has 0 fully saturated rings. The van der Waals surface area contributed by atoms with Gasteiger partial charge >= 0.3 is 0 Å². The SMILES string of the molecule is COc1ccc(Br)c(NCc2ncnn2C(C)C)c1. The van der Waals surface area contributed by atoms with E-state index < -0.39 is 0 Å². The van der Waals surface area contributed by atoms with Crippen molar-refractivity contribution in [3.63, 3.8) is 0 Å². The molecule has 0 radical (unpaired) electrons. The van der Waals surface area contributed by atoms with Crippen LogP contribution in [0.25, 0.3) is 0 Å². The topological polar surface area (TPSA) is 52.0 Å². The molecule has 0 atom stereocenters. The van der Waals surface area contributed by atoms with Crippen molar-refractivity contribution in [1.29, 1.82) is 0 Å². The highest BCUT2D eigenvalue weighted by Crippen LogP contribution is 2.27. The van der Waals surface area contributed by atoms with Crippen LogP contribution in [-0.2, 0) is 6.54 Å². The molecule has 5 nitrogen and oxygen atoms in total. The molecule has 0 aliphatic rings. The van der Waals surface area contributed by atoms with E-state index in [1.165, 1.54) is 0 Å². The van der Waals surface area contributed by atoms with Crippen LogP contribution in [0.4, 0.5) is 5.69 Å². The number of halogens is 1. The molecular weight excluding hydrogens is 308 g/mol. The molecule has 0 bridgehead atoms. The minimum Gasteiger partial charge on any atom is -0.497 e. The first-order chi connectivity index (χ1) is 9.11. The zero-order chi connectivity index (χ0) is 13.8. The van der Waals surface area contributed by atoms with Crippen molar-refractivity contribution in [3.8, 4) is 5.75 Å². The molecule has 1 aromatic heterocycles. The van der Waals surface area contributed by atoms with Gasteiger partial charge in [0.25, 0.3) is 0 Å². The van der Waals surface area contributed by atoms with E-state index in [0.717, 1.165) is 21.7 Å². The number of ether oxygens (including phenoxy) is 1. The second kappa shape index (κ2) is 6.06. The number of hydrogen-bond acceptors (Lipinski definition) is 4. The third-order valence-corrected chi connectivity index (χ3v) is 3.44. The zero-order valence-electron chi connectivity index (χ0n) is 11.2. The number of aromatic nitrogens is 3. The van der Waals surface area contributed by atoms with Gasteiger partial charge in [0.05, 0.1) is 19.3 Å². The summed E-state index contributed by atoms with van der Waals surface area (Å²) in [5.74, 6) is 1.72. The smallest absolute Gasteiger partial charge is 0.146 e. The molecule has 1 N–H and O–H groups in total. The average molecular weight is 325 g/mol. The Morgan fingerprint density at radius 1 is 1.42 bits per heavy atom. The summed E-state index contributed by atoms with van der Waals surface area (Å²) in [7, 11) is 1.66. The van der Waals surface area contributed by atoms with Crippen LogP contribution in [0.3, 0.4) is 0 Å². The Kier molecular flexibility index (Phi) is 4.42. The largest absolute Gasteiger partial charge is 0.497 e. The van der Waals surface area contributed by atoms with Crippen LogP contribution >= 0.6 is 15.9 Å². The second-order valence-electron chi connectivity index (χ2n) is 4.41. The van der Waals surface area contributed by atoms with Crippen molar-refractivity contribution in [2.75, 3.05) is 12.4 Å². The van der Waals surface area contributed by atoms with Gasteiger partial charge in [-0.05, 0) is 41.9 Å². The fraction of sp³-hybridized carbons (Fsp3) is 0.385. The molecule has 2 aromatic rings. The minimum absolute atomic E-state index is 0.299. The van der Waals surface area contributed by atoms with Crippen LogP contribution in [0.15, 0.2) is 29.0 Å². The maximum Gasteiger partial charge on any atom is 0.146 e. The summed E-state index contributed by atoms with van der Waals surface area (Å²) in [6.45, 7) is 4.78. The summed E-state index contributed by atoms with van der Waals surface area (Å²) in [4.78, 5) is 4.27. The standard InChI is InChI=1S/C13H17BrN4O/c1-9(2)18-13(16-8-17-18)7-15-12-6-10(19-3)4-5-11(12)14/h4-6,8-9,15H,7H2,1-3H3. The Labute approximate surface area is 121 Å². The van der Waals surface area contributed by atoms with E-state index in [1.807, 2.05) is 22.9 Å². The fourth-order valence-electron chi connectivity index (χ4n) is 1.77. The van der Waals surface area contributed by atoms with E-state index in [4.69, 9.17) is 4.74 Å². The highest BCUT2D eigenvalue weighted by Gasteiger charge is 2.08. The van der Waals surface area contributed by atoms with Crippen LogP contribution in [0.1, 0.15) is 25.7 Å². The second-order valence-corrected chi connectivity index (χ2v) is 5.27. The Morgan fingerprint density at radius 3 is 2.89 bits per heavy atom. The number of rotatable bonds is 5. The third kappa shape index (κ3) is 3.26. The monoisotopic (exact) mass is 324 g/mol. The number of hydrogen-bond donors (Lipinski definition) is 1. The van der Waals surface area contributed by atoms with Gasteiger partial charge in [-0.2, -0.15) is 5.10 Å². The quantitative estimate of drug-likeness (QED) is 0.917. The van der Waals surface area contributed by atoms with E-state index in [1.54, 1.807) is 13.4 Å². The number of methoxy groups -OCH3 is 1. The average Bonchev–Trinajstić information content (AvgIpc) is 2.86. The molecule has 19 heavy (non-hydrogen) atoms. The molecule has 1 heterocycles. The summed E-state index contributed by atoms with van der Waals surface area (Å²) in [5, 5.41) is 7.55. The normalized spacial score (nSPS) is 10.8. The zero-order valence-corrected chi connectivity index (χ0v) is 12.8. The summed E-state index contributed by atoms with van der Waals surface area (Å²) in [6.07, 6.45) is 1.58. The van der Waals surface area contributed by atoms with Crippen molar-refractivity contribution in [2.45, 2.75) is 26.4 Å². The van der Waals surface area contributed by atoms with Crippen LogP contribution in [0, 0.1) is 0 Å². The van der Waals surface area contributed by atoms with Crippen molar-refractivity contribution in [3.05, 3.63) is 34.8 Å². The molecule has 0 spiro atoms. The van der Waals surface area contributed by atoms with Gasteiger partial charge in [0.15, 0.2) is 0 Å². The van der Waals surface area contributed by atoms with Crippen LogP contribution in [0.2, 0.25) is 0 Å². The summed E-state index contributed by atoms with van der Waals surface area (Å²) < 4.78 is 8.11. The van der Waals surface area contributed by atoms with E-state index >= 15 is 0 Å². The molecule has 0 amide bonds. The number of benzene rings is 1. The predicted molar refractivity (Wildman–Crippen MR) is 78.4 cm³/mol. The molecule has 102 valence electrons. The maximum atomic E-state index is 5.21. The Bertz CT molecular complexity index is 553. The van der Waals surface area contributed by atoms with E-state index in [0.29, 0.717) is 12.6 Å². The lowest BCUT2D eigenvalue weighted by atomic mass is 10.3. The van der Waals surface area contributed by atoms with Gasteiger partial charge in [-0.1, -0.05) is 0 Å². The molecular formula is C13H17BrN4O. The van der Waals surface area contributed by atoms with Crippen molar-refractivity contribution in [2.24, 2.45) is 0 Å². The Hall–Kier alpha value is -1.56. The first-order valence-corrected chi connectivity index (χ1v) is 6.87. The van der Waals surface area contributed by atoms with Crippen LogP contribution in [-0.4, -0.2) is 21.9 Å². The number of nitrogens with one attached hydrogen (secondary N) is 1. The molecule has 0 saturated heterocycles. The Morgan fingerprint density at radius 2 is 2.21 bits per heavy atom. The molecule has 6 heteroatoms. The van der Waals surface area contributed by atoms with E-state index in [-0.39, 0.29) is 0 Å². The highest BCUT2D eigenvalue weighted by molar-refractivity contribution is 9.10. The van der Waals surface area contributed by atoms with Crippen molar-refractivity contribution >= 4 is 21.6 Å². The van der Waals surface area contributed by atoms with E-state index in [2.05, 4.69) is 45.2 Å². The van der Waals surface area contributed by atoms with Gasteiger partial charge in [-0.15, -0.1) is 0 Å². The van der Waals surface area contributed by atoms with Crippen molar-refractivity contribution < 1.29 is 4.74 Å². The first-order valence-electron chi connectivity index (χ1n) is 6.07. The summed E-state index contributed by atoms with van der Waals surface area (Å²) in [6, 6.07) is 6.11. The Balaban J connectivity index is 2.12. The van der Waals surface area contributed by atoms with Gasteiger partial charge in [-0.3, -0.25) is 0 Å². The molecule has 0 aliphatic heterocycles. The molecule has 2 rings (SSSR count). The fourth-order valence-corrected chi connectivity index (χ4v) is 2.16. The highest BCUT2D eigenvalue weighted by atomic mass is 79.9. The molecule has 1 aromatic carbocycles. The lowest BCUT2D eigenvalue weighted by molar-refractivity contribution is 0.415. The predicted octanol–water partition coefficient (Wildman–Crippen LogP) is 3.24. The number of nitrogens with zero attached hydrogens (tertiary/aromatic N) is 3. The van der Waals surface area contributed by atoms with Gasteiger partial charge < -0.3 is 10.1 Å². The lowest BCUT2D eigenvalue weighted by Gasteiger charge is -2.12. The first kappa shape index (κ1) is 13.9. The van der Waals surface area contributed by atoms with Crippen LogP contribution in [0.5, 0.6) is 5.75 Å². The molecule has 0 aliphatic carbocycles. The number of anilines is 1. The van der Waals surface area contributed by atoms with E-state index in [9.17, 15) is 0 Å². The lowest BCUT2D eigenvalue weighted by Crippen LogP contribution is -2.12. The van der Waals surface area contributed by atoms with Crippen molar-refractivity contribution in [1.82, 2.24) is 14.8 Å². The van der Waals surface area contributed by atoms with Crippen LogP contribution < -0.4 is 10.1 Å². The van der Waals surface area contributed by atoms with Gasteiger partial charge in [-0.25, -0.2) is 9.67 Å². The molecule has 0 saturated carbocycles. The summed E-state index contributed by atoms with van der Waals surface area (Å²) in [5.41, 5.74) is 0.970. The summed E-state index contributed by atoms with van der Waals surface area (Å²) >= 11 is 3.51. The van der Waals surface area contributed by atoms with Gasteiger partial charge in [0.2, 0.25) is 0 Å². The van der Waals surface area contributed by atoms with Gasteiger partial charge in [0.1, 0.15) is 17.9 Å².